The fraction of sp³-hybridized carbons (Fsp3) is 0.611. The number of halogens is 1. The van der Waals surface area contributed by atoms with Crippen LogP contribution in [0.2, 0.25) is 0 Å². The largest absolute Gasteiger partial charge is 0.494 e. The third-order valence-electron chi connectivity index (χ3n) is 4.53. The lowest BCUT2D eigenvalue weighted by molar-refractivity contribution is -0.132. The van der Waals surface area contributed by atoms with E-state index in [0.29, 0.717) is 24.2 Å². The van der Waals surface area contributed by atoms with E-state index in [4.69, 9.17) is 4.74 Å². The average molecular weight is 320 g/mol. The Morgan fingerprint density at radius 2 is 1.91 bits per heavy atom. The summed E-state index contributed by atoms with van der Waals surface area (Å²) in [7, 11) is 0. The second-order valence-electron chi connectivity index (χ2n) is 6.45. The molecule has 0 unspecified atom stereocenters. The summed E-state index contributed by atoms with van der Waals surface area (Å²) in [5.41, 5.74) is 0. The van der Waals surface area contributed by atoms with Crippen LogP contribution in [0.4, 0.5) is 4.39 Å². The van der Waals surface area contributed by atoms with Crippen LogP contribution in [0.1, 0.15) is 25.7 Å². The summed E-state index contributed by atoms with van der Waals surface area (Å²) < 4.78 is 18.4. The maximum absolute atomic E-state index is 12.8. The van der Waals surface area contributed by atoms with Crippen LogP contribution in [-0.4, -0.2) is 55.0 Å². The first-order chi connectivity index (χ1) is 11.2. The molecule has 1 saturated heterocycles. The van der Waals surface area contributed by atoms with E-state index in [1.165, 1.54) is 12.1 Å². The maximum Gasteiger partial charge on any atom is 0.225 e. The minimum atomic E-state index is -0.243. The number of carbonyl (C=O) groups excluding carboxylic acids is 1. The molecule has 0 radical (unpaired) electrons. The van der Waals surface area contributed by atoms with Crippen LogP contribution in [0.3, 0.4) is 0 Å². The molecule has 1 heterocycles. The van der Waals surface area contributed by atoms with Gasteiger partial charge < -0.3 is 14.5 Å². The number of amides is 1. The molecule has 126 valence electrons. The van der Waals surface area contributed by atoms with Crippen molar-refractivity contribution in [2.24, 2.45) is 5.92 Å². The van der Waals surface area contributed by atoms with Crippen molar-refractivity contribution in [1.29, 1.82) is 0 Å². The fourth-order valence-corrected chi connectivity index (χ4v) is 3.01. The second kappa shape index (κ2) is 7.77. The van der Waals surface area contributed by atoms with Crippen molar-refractivity contribution < 1.29 is 13.9 Å². The topological polar surface area (TPSA) is 32.8 Å². The van der Waals surface area contributed by atoms with Gasteiger partial charge in [-0.3, -0.25) is 4.79 Å². The lowest BCUT2D eigenvalue weighted by atomic mass is 10.3. The summed E-state index contributed by atoms with van der Waals surface area (Å²) in [6.07, 6.45) is 4.16. The van der Waals surface area contributed by atoms with Crippen molar-refractivity contribution in [2.75, 3.05) is 39.3 Å². The Labute approximate surface area is 137 Å². The average Bonchev–Trinajstić information content (AvgIpc) is 3.40. The zero-order chi connectivity index (χ0) is 16.1. The summed E-state index contributed by atoms with van der Waals surface area (Å²) in [6, 6.07) is 6.14. The van der Waals surface area contributed by atoms with Crippen LogP contribution in [0.25, 0.3) is 0 Å². The van der Waals surface area contributed by atoms with Gasteiger partial charge in [-0.1, -0.05) is 0 Å². The highest BCUT2D eigenvalue weighted by molar-refractivity contribution is 5.81. The molecular weight excluding hydrogens is 295 g/mol. The normalized spacial score (nSPS) is 19.4. The van der Waals surface area contributed by atoms with Gasteiger partial charge in [0.05, 0.1) is 6.61 Å². The van der Waals surface area contributed by atoms with Crippen LogP contribution in [0, 0.1) is 11.7 Å². The molecule has 4 nitrogen and oxygen atoms in total. The van der Waals surface area contributed by atoms with Crippen LogP contribution in [0.5, 0.6) is 5.75 Å². The number of hydrogen-bond donors (Lipinski definition) is 0. The van der Waals surface area contributed by atoms with Crippen molar-refractivity contribution in [3.05, 3.63) is 30.1 Å². The quantitative estimate of drug-likeness (QED) is 0.755. The highest BCUT2D eigenvalue weighted by atomic mass is 19.1. The van der Waals surface area contributed by atoms with Crippen LogP contribution in [-0.2, 0) is 4.79 Å². The van der Waals surface area contributed by atoms with Gasteiger partial charge in [-0.25, -0.2) is 4.39 Å². The molecule has 23 heavy (non-hydrogen) atoms. The molecule has 1 aromatic carbocycles. The standard InChI is InChI=1S/C18H25FN2O2/c19-16-5-7-17(8-6-16)23-14-2-10-20-9-1-11-21(13-12-20)18(22)15-3-4-15/h5-8,15H,1-4,9-14H2. The molecule has 0 aromatic heterocycles. The van der Waals surface area contributed by atoms with Gasteiger partial charge in [0, 0.05) is 32.1 Å². The van der Waals surface area contributed by atoms with Gasteiger partial charge in [-0.15, -0.1) is 0 Å². The van der Waals surface area contributed by atoms with Crippen LogP contribution >= 0.6 is 0 Å². The van der Waals surface area contributed by atoms with Crippen molar-refractivity contribution in [3.8, 4) is 5.75 Å². The Morgan fingerprint density at radius 3 is 2.65 bits per heavy atom. The molecule has 1 amide bonds. The fourth-order valence-electron chi connectivity index (χ4n) is 3.01. The first-order valence-corrected chi connectivity index (χ1v) is 8.62. The van der Waals surface area contributed by atoms with E-state index in [2.05, 4.69) is 4.90 Å². The Morgan fingerprint density at radius 1 is 1.13 bits per heavy atom. The summed E-state index contributed by atoms with van der Waals surface area (Å²) in [4.78, 5) is 16.6. The molecule has 2 fully saturated rings. The molecule has 5 heteroatoms. The number of ether oxygens (including phenoxy) is 1. The van der Waals surface area contributed by atoms with Crippen LogP contribution in [0.15, 0.2) is 24.3 Å². The minimum Gasteiger partial charge on any atom is -0.494 e. The van der Waals surface area contributed by atoms with Gasteiger partial charge in [0.2, 0.25) is 5.91 Å². The minimum absolute atomic E-state index is 0.243. The Hall–Kier alpha value is -1.62. The number of carbonyl (C=O) groups is 1. The molecule has 1 aromatic rings. The second-order valence-corrected chi connectivity index (χ2v) is 6.45. The summed E-state index contributed by atoms with van der Waals surface area (Å²) >= 11 is 0. The number of benzene rings is 1. The summed E-state index contributed by atoms with van der Waals surface area (Å²) in [6.45, 7) is 5.37. The Balaban J connectivity index is 1.34. The van der Waals surface area contributed by atoms with Crippen molar-refractivity contribution >= 4 is 5.91 Å². The van der Waals surface area contributed by atoms with E-state index in [1.54, 1.807) is 12.1 Å². The van der Waals surface area contributed by atoms with Gasteiger partial charge in [-0.2, -0.15) is 0 Å². The lowest BCUT2D eigenvalue weighted by Crippen LogP contribution is -2.36. The third-order valence-corrected chi connectivity index (χ3v) is 4.53. The SMILES string of the molecule is O=C(C1CC1)N1CCCN(CCCOc2ccc(F)cc2)CC1. The molecule has 0 bridgehead atoms. The maximum atomic E-state index is 12.8. The first-order valence-electron chi connectivity index (χ1n) is 8.62. The Kier molecular flexibility index (Phi) is 5.49. The smallest absolute Gasteiger partial charge is 0.225 e. The summed E-state index contributed by atoms with van der Waals surface area (Å²) in [5, 5.41) is 0. The molecule has 0 spiro atoms. The van der Waals surface area contributed by atoms with E-state index in [-0.39, 0.29) is 5.82 Å². The molecule has 1 saturated carbocycles. The van der Waals surface area contributed by atoms with E-state index in [1.807, 2.05) is 4.90 Å². The summed E-state index contributed by atoms with van der Waals surface area (Å²) in [5.74, 6) is 1.16. The van der Waals surface area contributed by atoms with Gasteiger partial charge in [0.25, 0.3) is 0 Å². The highest BCUT2D eigenvalue weighted by Crippen LogP contribution is 2.31. The van der Waals surface area contributed by atoms with E-state index < -0.39 is 0 Å². The monoisotopic (exact) mass is 320 g/mol. The van der Waals surface area contributed by atoms with E-state index in [9.17, 15) is 9.18 Å². The number of hydrogen-bond acceptors (Lipinski definition) is 3. The molecule has 1 aliphatic carbocycles. The number of rotatable bonds is 6. The zero-order valence-electron chi connectivity index (χ0n) is 13.5. The predicted octanol–water partition coefficient (Wildman–Crippen LogP) is 2.54. The third kappa shape index (κ3) is 4.93. The van der Waals surface area contributed by atoms with Gasteiger partial charge in [0.15, 0.2) is 0 Å². The molecule has 2 aliphatic rings. The van der Waals surface area contributed by atoms with Crippen molar-refractivity contribution in [3.63, 3.8) is 0 Å². The molecule has 0 atom stereocenters. The van der Waals surface area contributed by atoms with E-state index in [0.717, 1.165) is 58.4 Å². The first kappa shape index (κ1) is 16.2. The van der Waals surface area contributed by atoms with Crippen molar-refractivity contribution in [2.45, 2.75) is 25.7 Å². The van der Waals surface area contributed by atoms with Crippen molar-refractivity contribution in [1.82, 2.24) is 9.80 Å². The molecule has 3 rings (SSSR count). The van der Waals surface area contributed by atoms with Crippen LogP contribution < -0.4 is 4.74 Å². The number of nitrogens with zero attached hydrogens (tertiary/aromatic N) is 2. The van der Waals surface area contributed by atoms with Gasteiger partial charge in [-0.05, 0) is 56.5 Å². The molecular formula is C18H25FN2O2. The lowest BCUT2D eigenvalue weighted by Gasteiger charge is -2.22. The van der Waals surface area contributed by atoms with E-state index >= 15 is 0 Å². The predicted molar refractivity (Wildman–Crippen MR) is 86.9 cm³/mol. The zero-order valence-corrected chi connectivity index (χ0v) is 13.5. The van der Waals surface area contributed by atoms with Gasteiger partial charge >= 0.3 is 0 Å². The van der Waals surface area contributed by atoms with Gasteiger partial charge in [0.1, 0.15) is 11.6 Å². The Bertz CT molecular complexity index is 516. The molecule has 1 aliphatic heterocycles. The highest BCUT2D eigenvalue weighted by Gasteiger charge is 2.33. The molecule has 0 N–H and O–H groups in total.